The van der Waals surface area contributed by atoms with Crippen molar-refractivity contribution >= 4 is 17.1 Å². The lowest BCUT2D eigenvalue weighted by atomic mass is 9.61. The number of carbonyl (C=O) groups is 1. The molecule has 1 aromatic heterocycles. The summed E-state index contributed by atoms with van der Waals surface area (Å²) in [6.45, 7) is 0.582. The van der Waals surface area contributed by atoms with Crippen molar-refractivity contribution in [1.29, 1.82) is 5.26 Å². The van der Waals surface area contributed by atoms with Gasteiger partial charge in [0.15, 0.2) is 5.78 Å². The van der Waals surface area contributed by atoms with Crippen LogP contribution < -0.4 is 10.1 Å². The number of Topliss-reactive ketones (excluding diaryl/α,β-unsaturated/α-hetero) is 1. The van der Waals surface area contributed by atoms with Gasteiger partial charge in [-0.05, 0) is 53.1 Å². The van der Waals surface area contributed by atoms with E-state index in [4.69, 9.17) is 4.74 Å². The standard InChI is InChI=1S/C23H26N2O3S/c1-28-21-5-3-2-4-18(21)23(27)12-15(6-8-24)10-17-19(23)13-25-22(17)20(26)11-16-7-9-29-14-16/h2-5,7,9,14-15,17,19,22,25,27H,6,10-13H2,1H3/t15-,17-,19-,22?,23-/m1/s1. The molecular formula is C23H26N2O3S. The maximum Gasteiger partial charge on any atom is 0.154 e. The second-order valence-electron chi connectivity index (χ2n) is 8.22. The van der Waals surface area contributed by atoms with Crippen molar-refractivity contribution in [2.45, 2.75) is 37.3 Å². The van der Waals surface area contributed by atoms with Crippen molar-refractivity contribution in [2.75, 3.05) is 13.7 Å². The predicted octanol–water partition coefficient (Wildman–Crippen LogP) is 3.28. The van der Waals surface area contributed by atoms with Crippen molar-refractivity contribution in [3.8, 4) is 11.8 Å². The molecule has 5 atom stereocenters. The fraction of sp³-hybridized carbons (Fsp3) is 0.478. The third-order valence-corrected chi connectivity index (χ3v) is 7.31. The predicted molar refractivity (Wildman–Crippen MR) is 112 cm³/mol. The van der Waals surface area contributed by atoms with Crippen LogP contribution in [0.25, 0.3) is 0 Å². The number of hydrogen-bond acceptors (Lipinski definition) is 6. The number of benzene rings is 1. The minimum Gasteiger partial charge on any atom is -0.496 e. The highest BCUT2D eigenvalue weighted by Gasteiger charge is 2.55. The summed E-state index contributed by atoms with van der Waals surface area (Å²) in [4.78, 5) is 13.1. The van der Waals surface area contributed by atoms with Gasteiger partial charge in [-0.15, -0.1) is 0 Å². The molecule has 1 aliphatic carbocycles. The molecule has 0 spiro atoms. The van der Waals surface area contributed by atoms with Crippen LogP contribution in [0.1, 0.15) is 30.4 Å². The first-order valence-corrected chi connectivity index (χ1v) is 11.0. The molecule has 1 unspecified atom stereocenters. The Hall–Kier alpha value is -2.20. The van der Waals surface area contributed by atoms with Crippen LogP contribution in [0.3, 0.4) is 0 Å². The van der Waals surface area contributed by atoms with Crippen LogP contribution in [0.4, 0.5) is 0 Å². The van der Waals surface area contributed by atoms with E-state index in [1.165, 1.54) is 0 Å². The number of rotatable bonds is 6. The van der Waals surface area contributed by atoms with Gasteiger partial charge in [0.05, 0.1) is 24.8 Å². The Morgan fingerprint density at radius 3 is 2.97 bits per heavy atom. The van der Waals surface area contributed by atoms with E-state index in [9.17, 15) is 15.2 Å². The van der Waals surface area contributed by atoms with Crippen LogP contribution >= 0.6 is 11.3 Å². The lowest BCUT2D eigenvalue weighted by Gasteiger charge is -2.46. The Morgan fingerprint density at radius 1 is 1.41 bits per heavy atom. The fourth-order valence-corrected chi connectivity index (χ4v) is 5.99. The van der Waals surface area contributed by atoms with E-state index in [1.54, 1.807) is 18.4 Å². The molecule has 4 rings (SSSR count). The lowest BCUT2D eigenvalue weighted by molar-refractivity contribution is -0.124. The number of nitriles is 1. The minimum absolute atomic E-state index is 0.00291. The first kappa shape index (κ1) is 20.1. The van der Waals surface area contributed by atoms with Gasteiger partial charge in [-0.2, -0.15) is 16.6 Å². The molecule has 1 saturated carbocycles. The molecule has 1 saturated heterocycles. The van der Waals surface area contributed by atoms with E-state index in [2.05, 4.69) is 11.4 Å². The SMILES string of the molecule is COc1ccccc1[C@]1(O)C[C@H](CC#N)C[C@H]2C(C(=O)Cc3ccsc3)NC[C@H]21. The van der Waals surface area contributed by atoms with E-state index >= 15 is 0 Å². The highest BCUT2D eigenvalue weighted by atomic mass is 32.1. The van der Waals surface area contributed by atoms with Crippen LogP contribution in [0, 0.1) is 29.1 Å². The number of ketones is 1. The van der Waals surface area contributed by atoms with Crippen molar-refractivity contribution < 1.29 is 14.6 Å². The van der Waals surface area contributed by atoms with Crippen LogP contribution in [0.2, 0.25) is 0 Å². The molecule has 1 aromatic carbocycles. The van der Waals surface area contributed by atoms with Gasteiger partial charge in [0.25, 0.3) is 0 Å². The van der Waals surface area contributed by atoms with Gasteiger partial charge in [-0.25, -0.2) is 0 Å². The molecule has 6 heteroatoms. The largest absolute Gasteiger partial charge is 0.496 e. The van der Waals surface area contributed by atoms with Crippen molar-refractivity contribution in [1.82, 2.24) is 5.32 Å². The van der Waals surface area contributed by atoms with Crippen molar-refractivity contribution in [3.63, 3.8) is 0 Å². The number of nitrogens with zero attached hydrogens (tertiary/aromatic N) is 1. The van der Waals surface area contributed by atoms with Crippen LogP contribution in [-0.4, -0.2) is 30.6 Å². The van der Waals surface area contributed by atoms with E-state index in [0.717, 1.165) is 17.5 Å². The molecule has 0 radical (unpaired) electrons. The number of nitrogens with one attached hydrogen (secondary N) is 1. The fourth-order valence-electron chi connectivity index (χ4n) is 5.33. The maximum atomic E-state index is 13.1. The first-order valence-electron chi connectivity index (χ1n) is 10.1. The van der Waals surface area contributed by atoms with Gasteiger partial charge in [0.2, 0.25) is 0 Å². The molecule has 5 nitrogen and oxygen atoms in total. The summed E-state index contributed by atoms with van der Waals surface area (Å²) in [6.07, 6.45) is 2.07. The number of para-hydroxylation sites is 1. The summed E-state index contributed by atoms with van der Waals surface area (Å²) in [5, 5.41) is 28.6. The van der Waals surface area contributed by atoms with E-state index in [-0.39, 0.29) is 29.6 Å². The average Bonchev–Trinajstić information content (AvgIpc) is 3.38. The first-order chi connectivity index (χ1) is 14.1. The van der Waals surface area contributed by atoms with E-state index in [0.29, 0.717) is 31.6 Å². The Labute approximate surface area is 175 Å². The Bertz CT molecular complexity index is 907. The van der Waals surface area contributed by atoms with Crippen molar-refractivity contribution in [2.24, 2.45) is 17.8 Å². The molecule has 2 aliphatic rings. The number of methoxy groups -OCH3 is 1. The minimum atomic E-state index is -1.12. The summed E-state index contributed by atoms with van der Waals surface area (Å²) in [6, 6.07) is 11.5. The van der Waals surface area contributed by atoms with E-state index < -0.39 is 5.60 Å². The number of hydrogen-bond donors (Lipinski definition) is 2. The molecule has 29 heavy (non-hydrogen) atoms. The number of thiophene rings is 1. The monoisotopic (exact) mass is 410 g/mol. The summed E-state index contributed by atoms with van der Waals surface area (Å²) in [5.74, 6) is 0.774. The Balaban J connectivity index is 1.66. The van der Waals surface area contributed by atoms with E-state index in [1.807, 2.05) is 41.1 Å². The topological polar surface area (TPSA) is 82.3 Å². The third kappa shape index (κ3) is 3.71. The second kappa shape index (κ2) is 8.27. The lowest BCUT2D eigenvalue weighted by Crippen LogP contribution is -2.48. The van der Waals surface area contributed by atoms with Gasteiger partial charge in [0.1, 0.15) is 5.75 Å². The Morgan fingerprint density at radius 2 is 2.24 bits per heavy atom. The summed E-state index contributed by atoms with van der Waals surface area (Å²) in [5.41, 5.74) is 0.670. The zero-order chi connectivity index (χ0) is 20.4. The number of fused-ring (bicyclic) bond motifs is 1. The Kier molecular flexibility index (Phi) is 5.73. The van der Waals surface area contributed by atoms with Gasteiger partial charge in [-0.3, -0.25) is 4.79 Å². The number of ether oxygens (including phenoxy) is 1. The summed E-state index contributed by atoms with van der Waals surface area (Å²) in [7, 11) is 1.61. The van der Waals surface area contributed by atoms with Crippen LogP contribution in [0.15, 0.2) is 41.1 Å². The molecule has 0 amide bonds. The molecule has 2 N–H and O–H groups in total. The molecule has 152 valence electrons. The quantitative estimate of drug-likeness (QED) is 0.764. The van der Waals surface area contributed by atoms with Gasteiger partial charge < -0.3 is 15.2 Å². The normalized spacial score (nSPS) is 31.1. The molecular weight excluding hydrogens is 384 g/mol. The van der Waals surface area contributed by atoms with Crippen LogP contribution in [-0.2, 0) is 16.8 Å². The second-order valence-corrected chi connectivity index (χ2v) is 9.00. The molecule has 0 bridgehead atoms. The zero-order valence-corrected chi connectivity index (χ0v) is 17.3. The molecule has 1 aliphatic heterocycles. The molecule has 2 fully saturated rings. The smallest absolute Gasteiger partial charge is 0.154 e. The number of carbonyl (C=O) groups excluding carboxylic acids is 1. The average molecular weight is 411 g/mol. The zero-order valence-electron chi connectivity index (χ0n) is 16.5. The molecule has 2 aromatic rings. The van der Waals surface area contributed by atoms with Gasteiger partial charge >= 0.3 is 0 Å². The molecule has 2 heterocycles. The van der Waals surface area contributed by atoms with Crippen LogP contribution in [0.5, 0.6) is 5.75 Å². The maximum absolute atomic E-state index is 13.1. The number of aliphatic hydroxyl groups is 1. The van der Waals surface area contributed by atoms with Gasteiger partial charge in [-0.1, -0.05) is 18.2 Å². The summed E-state index contributed by atoms with van der Waals surface area (Å²) < 4.78 is 5.54. The van der Waals surface area contributed by atoms with Gasteiger partial charge in [0, 0.05) is 30.9 Å². The van der Waals surface area contributed by atoms with Crippen molar-refractivity contribution in [3.05, 3.63) is 52.2 Å². The highest BCUT2D eigenvalue weighted by Crippen LogP contribution is 2.52. The third-order valence-electron chi connectivity index (χ3n) is 6.58. The highest BCUT2D eigenvalue weighted by molar-refractivity contribution is 7.08. The summed E-state index contributed by atoms with van der Waals surface area (Å²) >= 11 is 1.59.